The summed E-state index contributed by atoms with van der Waals surface area (Å²) in [7, 11) is -2.56. The van der Waals surface area contributed by atoms with Crippen LogP contribution in [-0.4, -0.2) is 51.3 Å². The lowest BCUT2D eigenvalue weighted by atomic mass is 10.0. The number of carbonyl (C=O) groups is 3. The second-order valence-corrected chi connectivity index (χ2v) is 10.6. The summed E-state index contributed by atoms with van der Waals surface area (Å²) in [5.41, 5.74) is 1.54. The molecule has 200 valence electrons. The highest BCUT2D eigenvalue weighted by Crippen LogP contribution is 2.13. The molecule has 0 aromatic heterocycles. The van der Waals surface area contributed by atoms with Crippen LogP contribution in [0.3, 0.4) is 0 Å². The molecule has 3 rings (SSSR count). The van der Waals surface area contributed by atoms with Gasteiger partial charge in [0.1, 0.15) is 18.7 Å². The number of rotatable bonds is 12. The molecule has 2 atom stereocenters. The lowest BCUT2D eigenvalue weighted by molar-refractivity contribution is -0.145. The van der Waals surface area contributed by atoms with Gasteiger partial charge in [-0.25, -0.2) is 18.0 Å². The molecule has 0 bridgehead atoms. The second kappa shape index (κ2) is 13.9. The van der Waals surface area contributed by atoms with Crippen LogP contribution in [-0.2, 0) is 41.9 Å². The van der Waals surface area contributed by atoms with E-state index in [0.717, 1.165) is 18.2 Å². The first-order valence-electron chi connectivity index (χ1n) is 12.0. The largest absolute Gasteiger partial charge is 0.467 e. The molecule has 0 aliphatic carbocycles. The van der Waals surface area contributed by atoms with Crippen LogP contribution >= 0.6 is 0 Å². The molecular formula is C28H30N2O7S. The minimum atomic E-state index is -3.70. The van der Waals surface area contributed by atoms with Crippen molar-refractivity contribution in [2.45, 2.75) is 36.4 Å². The SMILES string of the molecule is COC(=O)[C@@H](CCS(=O)(=O)c1ccccc1)NC(=O)[C@H](Cc1ccccc1)NC(=O)OCc1ccccc1. The fourth-order valence-electron chi connectivity index (χ4n) is 3.65. The Morgan fingerprint density at radius 3 is 1.89 bits per heavy atom. The summed E-state index contributed by atoms with van der Waals surface area (Å²) in [6, 6.07) is 23.5. The number of hydrogen-bond donors (Lipinski definition) is 2. The van der Waals surface area contributed by atoms with Crippen LogP contribution in [0.2, 0.25) is 0 Å². The number of amides is 2. The first-order valence-corrected chi connectivity index (χ1v) is 13.6. The summed E-state index contributed by atoms with van der Waals surface area (Å²) >= 11 is 0. The predicted molar refractivity (Wildman–Crippen MR) is 141 cm³/mol. The van der Waals surface area contributed by atoms with Crippen LogP contribution in [0.25, 0.3) is 0 Å². The minimum Gasteiger partial charge on any atom is -0.467 e. The summed E-state index contributed by atoms with van der Waals surface area (Å²) in [5.74, 6) is -1.88. The number of alkyl carbamates (subject to hydrolysis) is 1. The van der Waals surface area contributed by atoms with Crippen LogP contribution in [0.1, 0.15) is 17.5 Å². The van der Waals surface area contributed by atoms with Gasteiger partial charge in [-0.2, -0.15) is 0 Å². The van der Waals surface area contributed by atoms with Crippen molar-refractivity contribution >= 4 is 27.8 Å². The quantitative estimate of drug-likeness (QED) is 0.339. The van der Waals surface area contributed by atoms with Crippen LogP contribution in [0.5, 0.6) is 0 Å². The Balaban J connectivity index is 1.70. The van der Waals surface area contributed by atoms with Crippen molar-refractivity contribution in [3.63, 3.8) is 0 Å². The third-order valence-corrected chi connectivity index (χ3v) is 7.45. The molecule has 3 aromatic rings. The zero-order valence-corrected chi connectivity index (χ0v) is 21.7. The molecule has 2 amide bonds. The Kier molecular flexibility index (Phi) is 10.4. The zero-order valence-electron chi connectivity index (χ0n) is 20.9. The Bertz CT molecular complexity index is 1300. The highest BCUT2D eigenvalue weighted by atomic mass is 32.2. The fourth-order valence-corrected chi connectivity index (χ4v) is 5.00. The summed E-state index contributed by atoms with van der Waals surface area (Å²) in [5, 5.41) is 5.10. The molecule has 38 heavy (non-hydrogen) atoms. The maximum Gasteiger partial charge on any atom is 0.408 e. The van der Waals surface area contributed by atoms with E-state index < -0.39 is 45.6 Å². The van der Waals surface area contributed by atoms with E-state index >= 15 is 0 Å². The van der Waals surface area contributed by atoms with E-state index in [2.05, 4.69) is 10.6 Å². The molecular weight excluding hydrogens is 508 g/mol. The molecule has 0 fully saturated rings. The Labute approximate surface area is 222 Å². The van der Waals surface area contributed by atoms with E-state index in [-0.39, 0.29) is 24.3 Å². The van der Waals surface area contributed by atoms with Gasteiger partial charge in [0.15, 0.2) is 9.84 Å². The molecule has 0 aliphatic heterocycles. The fraction of sp³-hybridized carbons (Fsp3) is 0.250. The molecule has 3 aromatic carbocycles. The first kappa shape index (κ1) is 28.4. The topological polar surface area (TPSA) is 128 Å². The number of carbonyl (C=O) groups excluding carboxylic acids is 3. The summed E-state index contributed by atoms with van der Waals surface area (Å²) in [6.07, 6.45) is -0.915. The summed E-state index contributed by atoms with van der Waals surface area (Å²) < 4.78 is 35.5. The van der Waals surface area contributed by atoms with Gasteiger partial charge in [-0.05, 0) is 29.7 Å². The predicted octanol–water partition coefficient (Wildman–Crippen LogP) is 3.05. The monoisotopic (exact) mass is 538 g/mol. The molecule has 0 aliphatic rings. The van der Waals surface area contributed by atoms with Gasteiger partial charge in [-0.3, -0.25) is 4.79 Å². The number of hydrogen-bond acceptors (Lipinski definition) is 7. The van der Waals surface area contributed by atoms with Gasteiger partial charge >= 0.3 is 12.1 Å². The summed E-state index contributed by atoms with van der Waals surface area (Å²) in [6.45, 7) is 0.00841. The average molecular weight is 539 g/mol. The van der Waals surface area contributed by atoms with E-state index in [0.29, 0.717) is 0 Å². The zero-order chi connectivity index (χ0) is 27.4. The number of esters is 1. The van der Waals surface area contributed by atoms with Crippen molar-refractivity contribution in [3.05, 3.63) is 102 Å². The lowest BCUT2D eigenvalue weighted by Crippen LogP contribution is -2.53. The Morgan fingerprint density at radius 2 is 1.32 bits per heavy atom. The average Bonchev–Trinajstić information content (AvgIpc) is 2.95. The van der Waals surface area contributed by atoms with Crippen LogP contribution in [0.15, 0.2) is 95.9 Å². The first-order chi connectivity index (χ1) is 18.3. The number of nitrogens with one attached hydrogen (secondary N) is 2. The van der Waals surface area contributed by atoms with Crippen LogP contribution < -0.4 is 10.6 Å². The molecule has 0 spiro atoms. The van der Waals surface area contributed by atoms with Crippen LogP contribution in [0, 0.1) is 0 Å². The third kappa shape index (κ3) is 8.74. The van der Waals surface area contributed by atoms with Gasteiger partial charge in [0, 0.05) is 6.42 Å². The Hall–Kier alpha value is -4.18. The van der Waals surface area contributed by atoms with Gasteiger partial charge in [0.05, 0.1) is 17.8 Å². The smallest absolute Gasteiger partial charge is 0.408 e. The maximum absolute atomic E-state index is 13.2. The molecule has 0 saturated carbocycles. The molecule has 0 saturated heterocycles. The highest BCUT2D eigenvalue weighted by Gasteiger charge is 2.29. The third-order valence-electron chi connectivity index (χ3n) is 5.68. The van der Waals surface area contributed by atoms with E-state index in [9.17, 15) is 22.8 Å². The molecule has 10 heteroatoms. The summed E-state index contributed by atoms with van der Waals surface area (Å²) in [4.78, 5) is 38.3. The van der Waals surface area contributed by atoms with Crippen molar-refractivity contribution in [1.82, 2.24) is 10.6 Å². The van der Waals surface area contributed by atoms with Crippen molar-refractivity contribution < 1.29 is 32.3 Å². The van der Waals surface area contributed by atoms with E-state index in [1.165, 1.54) is 12.1 Å². The van der Waals surface area contributed by atoms with Crippen molar-refractivity contribution in [3.8, 4) is 0 Å². The molecule has 0 radical (unpaired) electrons. The van der Waals surface area contributed by atoms with Crippen molar-refractivity contribution in [1.29, 1.82) is 0 Å². The molecule has 9 nitrogen and oxygen atoms in total. The maximum atomic E-state index is 13.2. The number of ether oxygens (including phenoxy) is 2. The van der Waals surface area contributed by atoms with E-state index in [1.807, 2.05) is 24.3 Å². The normalized spacial score (nSPS) is 12.6. The molecule has 0 unspecified atom stereocenters. The van der Waals surface area contributed by atoms with Crippen LogP contribution in [0.4, 0.5) is 4.79 Å². The number of methoxy groups -OCH3 is 1. The van der Waals surface area contributed by atoms with Crippen molar-refractivity contribution in [2.24, 2.45) is 0 Å². The van der Waals surface area contributed by atoms with Gasteiger partial charge < -0.3 is 20.1 Å². The standard InChI is InChI=1S/C28H30N2O7S/c1-36-27(32)24(17-18-38(34,35)23-15-9-4-10-16-23)29-26(31)25(19-21-11-5-2-6-12-21)30-28(33)37-20-22-13-7-3-8-14-22/h2-16,24-25H,17-20H2,1H3,(H,29,31)(H,30,33)/t24-,25+/m1/s1. The minimum absolute atomic E-state index is 0.00841. The van der Waals surface area contributed by atoms with E-state index in [1.54, 1.807) is 54.6 Å². The lowest BCUT2D eigenvalue weighted by Gasteiger charge is -2.22. The molecule has 0 heterocycles. The highest BCUT2D eigenvalue weighted by molar-refractivity contribution is 7.91. The number of benzene rings is 3. The number of sulfone groups is 1. The Morgan fingerprint density at radius 1 is 0.763 bits per heavy atom. The van der Waals surface area contributed by atoms with E-state index in [4.69, 9.17) is 9.47 Å². The second-order valence-electron chi connectivity index (χ2n) is 8.45. The van der Waals surface area contributed by atoms with Gasteiger partial charge in [-0.1, -0.05) is 78.9 Å². The molecule has 2 N–H and O–H groups in total. The van der Waals surface area contributed by atoms with Gasteiger partial charge in [0.2, 0.25) is 5.91 Å². The van der Waals surface area contributed by atoms with Crippen molar-refractivity contribution in [2.75, 3.05) is 12.9 Å². The van der Waals surface area contributed by atoms with Gasteiger partial charge in [-0.15, -0.1) is 0 Å². The van der Waals surface area contributed by atoms with Gasteiger partial charge in [0.25, 0.3) is 0 Å².